The summed E-state index contributed by atoms with van der Waals surface area (Å²) in [5, 5.41) is 1.70. The molecule has 2 heterocycles. The van der Waals surface area contributed by atoms with E-state index >= 15 is 0 Å². The third-order valence-corrected chi connectivity index (χ3v) is 5.91. The molecular weight excluding hydrogens is 324 g/mol. The van der Waals surface area contributed by atoms with Gasteiger partial charge in [-0.1, -0.05) is 13.0 Å². The maximum absolute atomic E-state index is 12.2. The van der Waals surface area contributed by atoms with Crippen LogP contribution in [0.15, 0.2) is 49.1 Å². The topological polar surface area (TPSA) is 81.3 Å². The van der Waals surface area contributed by atoms with E-state index in [1.54, 1.807) is 23.6 Å². The van der Waals surface area contributed by atoms with Gasteiger partial charge in [-0.2, -0.15) is 0 Å². The van der Waals surface area contributed by atoms with Gasteiger partial charge in [-0.05, 0) is 30.0 Å². The maximum Gasteiger partial charge on any atom is 0.419 e. The molecule has 22 heavy (non-hydrogen) atoms. The van der Waals surface area contributed by atoms with E-state index in [0.29, 0.717) is 23.3 Å². The molecule has 0 aliphatic heterocycles. The Morgan fingerprint density at radius 3 is 2.82 bits per heavy atom. The van der Waals surface area contributed by atoms with E-state index < -0.39 is 15.8 Å². The van der Waals surface area contributed by atoms with Gasteiger partial charge in [-0.15, -0.1) is 11.3 Å². The van der Waals surface area contributed by atoms with E-state index in [1.165, 1.54) is 16.7 Å². The van der Waals surface area contributed by atoms with Crippen molar-refractivity contribution in [2.24, 2.45) is 0 Å². The molecule has 116 valence electrons. The van der Waals surface area contributed by atoms with Crippen LogP contribution < -0.4 is 10.5 Å². The Labute approximate surface area is 131 Å². The van der Waals surface area contributed by atoms with Crippen molar-refractivity contribution >= 4 is 38.1 Å². The molecule has 0 fully saturated rings. The van der Waals surface area contributed by atoms with Gasteiger partial charge < -0.3 is 4.42 Å². The van der Waals surface area contributed by atoms with E-state index in [2.05, 4.69) is 4.72 Å². The molecule has 0 saturated heterocycles. The molecule has 0 bridgehead atoms. The summed E-state index contributed by atoms with van der Waals surface area (Å²) in [4.78, 5) is 11.8. The monoisotopic (exact) mass is 338 g/mol. The molecule has 2 aromatic heterocycles. The third-order valence-electron chi connectivity index (χ3n) is 3.13. The lowest BCUT2D eigenvalue weighted by Crippen LogP contribution is -2.13. The number of fused-ring (bicyclic) bond motifs is 1. The number of benzene rings is 1. The quantitative estimate of drug-likeness (QED) is 0.775. The first kappa shape index (κ1) is 14.9. The van der Waals surface area contributed by atoms with Gasteiger partial charge in [0.05, 0.1) is 11.2 Å². The molecule has 0 atom stereocenters. The Bertz CT molecular complexity index is 953. The molecule has 8 heteroatoms. The van der Waals surface area contributed by atoms with E-state index in [0.717, 1.165) is 17.8 Å². The Morgan fingerprint density at radius 1 is 1.32 bits per heavy atom. The van der Waals surface area contributed by atoms with Gasteiger partial charge in [0.2, 0.25) is 0 Å². The van der Waals surface area contributed by atoms with Crippen LogP contribution >= 0.6 is 11.3 Å². The highest BCUT2D eigenvalue weighted by molar-refractivity contribution is 7.94. The lowest BCUT2D eigenvalue weighted by atomic mass is 10.3. The number of aryl methyl sites for hydroxylation is 1. The van der Waals surface area contributed by atoms with Crippen molar-refractivity contribution in [3.05, 3.63) is 46.3 Å². The van der Waals surface area contributed by atoms with Crippen LogP contribution in [0.5, 0.6) is 0 Å². The van der Waals surface area contributed by atoms with E-state index in [9.17, 15) is 13.2 Å². The van der Waals surface area contributed by atoms with Crippen LogP contribution in [-0.2, 0) is 16.6 Å². The molecule has 0 radical (unpaired) electrons. The number of nitrogens with one attached hydrogen (secondary N) is 1. The average Bonchev–Trinajstić information content (AvgIpc) is 3.08. The largest absolute Gasteiger partial charge is 0.419 e. The number of aromatic nitrogens is 1. The number of anilines is 1. The molecule has 0 unspecified atom stereocenters. The summed E-state index contributed by atoms with van der Waals surface area (Å²) in [6.07, 6.45) is 0.807. The molecule has 0 aliphatic carbocycles. The van der Waals surface area contributed by atoms with Gasteiger partial charge in [-0.3, -0.25) is 9.29 Å². The lowest BCUT2D eigenvalue weighted by molar-refractivity contribution is 0.502. The van der Waals surface area contributed by atoms with Crippen molar-refractivity contribution in [1.82, 2.24) is 4.57 Å². The summed E-state index contributed by atoms with van der Waals surface area (Å²) < 4.78 is 33.8. The Hall–Kier alpha value is -2.06. The van der Waals surface area contributed by atoms with Crippen LogP contribution in [0.2, 0.25) is 0 Å². The van der Waals surface area contributed by atoms with Crippen LogP contribution in [0, 0.1) is 0 Å². The molecule has 0 amide bonds. The second-order valence-corrected chi connectivity index (χ2v) is 7.60. The first-order valence-corrected chi connectivity index (χ1v) is 9.07. The summed E-state index contributed by atoms with van der Waals surface area (Å²) in [6, 6.07) is 8.03. The summed E-state index contributed by atoms with van der Waals surface area (Å²) in [5.41, 5.74) is 1.38. The molecule has 1 N–H and O–H groups in total. The minimum absolute atomic E-state index is 0.234. The number of sulfonamides is 1. The molecule has 0 aliphatic rings. The molecule has 6 nitrogen and oxygen atoms in total. The fourth-order valence-electron chi connectivity index (χ4n) is 2.19. The Morgan fingerprint density at radius 2 is 2.14 bits per heavy atom. The van der Waals surface area contributed by atoms with Crippen molar-refractivity contribution in [3.63, 3.8) is 0 Å². The van der Waals surface area contributed by atoms with Crippen molar-refractivity contribution in [2.75, 3.05) is 4.72 Å². The predicted molar refractivity (Wildman–Crippen MR) is 85.9 cm³/mol. The van der Waals surface area contributed by atoms with Crippen molar-refractivity contribution in [1.29, 1.82) is 0 Å². The van der Waals surface area contributed by atoms with Crippen LogP contribution in [0.3, 0.4) is 0 Å². The molecule has 0 spiro atoms. The number of oxazole rings is 1. The Balaban J connectivity index is 1.98. The van der Waals surface area contributed by atoms with Gasteiger partial charge >= 0.3 is 5.76 Å². The number of rotatable bonds is 5. The summed E-state index contributed by atoms with van der Waals surface area (Å²) >= 11 is 1.14. The Kier molecular flexibility index (Phi) is 3.79. The highest BCUT2D eigenvalue weighted by atomic mass is 32.2. The number of hydrogen-bond donors (Lipinski definition) is 1. The summed E-state index contributed by atoms with van der Waals surface area (Å²) in [6.45, 7) is 2.53. The zero-order chi connectivity index (χ0) is 15.7. The standard InChI is InChI=1S/C14H14N2O4S2/c1-2-7-16-11-6-5-10(9-12(11)20-14(16)17)15-22(18,19)13-4-3-8-21-13/h3-6,8-9,15H,2,7H2,1H3. The van der Waals surface area contributed by atoms with E-state index in [4.69, 9.17) is 4.42 Å². The van der Waals surface area contributed by atoms with Gasteiger partial charge in [-0.25, -0.2) is 13.2 Å². The van der Waals surface area contributed by atoms with Crippen LogP contribution in [0.4, 0.5) is 5.69 Å². The first-order chi connectivity index (χ1) is 10.5. The van der Waals surface area contributed by atoms with Gasteiger partial charge in [0.1, 0.15) is 4.21 Å². The summed E-state index contributed by atoms with van der Waals surface area (Å²) in [5.74, 6) is -0.435. The van der Waals surface area contributed by atoms with Crippen LogP contribution in [0.1, 0.15) is 13.3 Å². The number of thiophene rings is 1. The van der Waals surface area contributed by atoms with Crippen molar-refractivity contribution < 1.29 is 12.8 Å². The van der Waals surface area contributed by atoms with Crippen molar-refractivity contribution in [3.8, 4) is 0 Å². The minimum Gasteiger partial charge on any atom is -0.408 e. The fourth-order valence-corrected chi connectivity index (χ4v) is 4.23. The minimum atomic E-state index is -3.61. The zero-order valence-electron chi connectivity index (χ0n) is 11.8. The van der Waals surface area contributed by atoms with Gasteiger partial charge in [0.15, 0.2) is 5.58 Å². The molecule has 0 saturated carbocycles. The highest BCUT2D eigenvalue weighted by Gasteiger charge is 2.16. The number of nitrogens with zero attached hydrogens (tertiary/aromatic N) is 1. The van der Waals surface area contributed by atoms with Crippen molar-refractivity contribution in [2.45, 2.75) is 24.1 Å². The molecular formula is C14H14N2O4S2. The normalized spacial score (nSPS) is 11.9. The summed E-state index contributed by atoms with van der Waals surface area (Å²) in [7, 11) is -3.61. The third kappa shape index (κ3) is 2.67. The smallest absolute Gasteiger partial charge is 0.408 e. The SMILES string of the molecule is CCCn1c(=O)oc2cc(NS(=O)(=O)c3cccs3)ccc21. The molecule has 1 aromatic carbocycles. The van der Waals surface area contributed by atoms with Crippen LogP contribution in [0.25, 0.3) is 11.1 Å². The zero-order valence-corrected chi connectivity index (χ0v) is 13.4. The van der Waals surface area contributed by atoms with Crippen LogP contribution in [-0.4, -0.2) is 13.0 Å². The fraction of sp³-hybridized carbons (Fsp3) is 0.214. The van der Waals surface area contributed by atoms with E-state index in [-0.39, 0.29) is 4.21 Å². The first-order valence-electron chi connectivity index (χ1n) is 6.71. The molecule has 3 rings (SSSR count). The number of hydrogen-bond acceptors (Lipinski definition) is 5. The molecule has 3 aromatic rings. The van der Waals surface area contributed by atoms with Gasteiger partial charge in [0, 0.05) is 12.6 Å². The predicted octanol–water partition coefficient (Wildman–Crippen LogP) is 2.87. The second-order valence-electron chi connectivity index (χ2n) is 4.74. The average molecular weight is 338 g/mol. The maximum atomic E-state index is 12.2. The van der Waals surface area contributed by atoms with Gasteiger partial charge in [0.25, 0.3) is 10.0 Å². The highest BCUT2D eigenvalue weighted by Crippen LogP contribution is 2.23. The lowest BCUT2D eigenvalue weighted by Gasteiger charge is -2.06. The van der Waals surface area contributed by atoms with E-state index in [1.807, 2.05) is 6.92 Å². The second kappa shape index (κ2) is 5.62.